The van der Waals surface area contributed by atoms with Gasteiger partial charge in [-0.3, -0.25) is 0 Å². The van der Waals surface area contributed by atoms with Crippen LogP contribution in [-0.4, -0.2) is 16.1 Å². The quantitative estimate of drug-likeness (QED) is 0.849. The number of imidazole rings is 1. The molecule has 3 nitrogen and oxygen atoms in total. The zero-order valence-corrected chi connectivity index (χ0v) is 10.4. The van der Waals surface area contributed by atoms with Gasteiger partial charge in [-0.15, -0.1) is 0 Å². The molecule has 1 unspecified atom stereocenters. The molecule has 2 N–H and O–H groups in total. The molecule has 1 aromatic rings. The molecule has 0 spiro atoms. The Balaban J connectivity index is 2.21. The first-order valence-electron chi connectivity index (χ1n) is 6.45. The van der Waals surface area contributed by atoms with Crippen molar-refractivity contribution in [3.63, 3.8) is 0 Å². The van der Waals surface area contributed by atoms with Gasteiger partial charge in [0.1, 0.15) is 0 Å². The van der Waals surface area contributed by atoms with Crippen molar-refractivity contribution in [3.05, 3.63) is 18.2 Å². The molecule has 1 aromatic heterocycles. The van der Waals surface area contributed by atoms with Crippen molar-refractivity contribution in [3.8, 4) is 0 Å². The van der Waals surface area contributed by atoms with E-state index in [0.29, 0.717) is 12.0 Å². The molecule has 16 heavy (non-hydrogen) atoms. The average molecular weight is 221 g/mol. The first-order chi connectivity index (χ1) is 7.74. The van der Waals surface area contributed by atoms with Crippen LogP contribution < -0.4 is 5.73 Å². The molecule has 3 heteroatoms. The van der Waals surface area contributed by atoms with Gasteiger partial charge in [0, 0.05) is 24.5 Å². The van der Waals surface area contributed by atoms with E-state index >= 15 is 0 Å². The maximum atomic E-state index is 5.96. The van der Waals surface area contributed by atoms with Crippen LogP contribution >= 0.6 is 0 Å². The van der Waals surface area contributed by atoms with Crippen LogP contribution in [0.3, 0.4) is 0 Å². The number of nitrogens with zero attached hydrogens (tertiary/aromatic N) is 2. The van der Waals surface area contributed by atoms with Gasteiger partial charge in [0.15, 0.2) is 0 Å². The van der Waals surface area contributed by atoms with Gasteiger partial charge in [0.25, 0.3) is 0 Å². The summed E-state index contributed by atoms with van der Waals surface area (Å²) in [4.78, 5) is 4.29. The Bertz CT molecular complexity index is 324. The second-order valence-electron chi connectivity index (χ2n) is 5.23. The summed E-state index contributed by atoms with van der Waals surface area (Å²) >= 11 is 0. The van der Waals surface area contributed by atoms with Crippen LogP contribution in [0, 0.1) is 5.92 Å². The predicted molar refractivity (Wildman–Crippen MR) is 66.4 cm³/mol. The highest BCUT2D eigenvalue weighted by molar-refractivity contribution is 5.06. The number of hydrogen-bond acceptors (Lipinski definition) is 2. The molecule has 0 bridgehead atoms. The fourth-order valence-electron chi connectivity index (χ4n) is 2.91. The summed E-state index contributed by atoms with van der Waals surface area (Å²) in [5.41, 5.74) is 7.29. The largest absolute Gasteiger partial charge is 0.330 e. The lowest BCUT2D eigenvalue weighted by Crippen LogP contribution is -2.26. The number of nitrogens with two attached hydrogens (primary N) is 1. The van der Waals surface area contributed by atoms with E-state index in [9.17, 15) is 0 Å². The fourth-order valence-corrected chi connectivity index (χ4v) is 2.91. The van der Waals surface area contributed by atoms with Crippen LogP contribution in [0.1, 0.15) is 57.2 Å². The van der Waals surface area contributed by atoms with E-state index in [2.05, 4.69) is 23.4 Å². The summed E-state index contributed by atoms with van der Waals surface area (Å²) in [6.07, 6.45) is 9.35. The van der Waals surface area contributed by atoms with Gasteiger partial charge in [-0.25, -0.2) is 4.98 Å². The van der Waals surface area contributed by atoms with E-state index < -0.39 is 0 Å². The third-order valence-electron chi connectivity index (χ3n) is 3.83. The fraction of sp³-hybridized carbons (Fsp3) is 0.769. The van der Waals surface area contributed by atoms with E-state index in [-0.39, 0.29) is 0 Å². The number of aromatic nitrogens is 2. The molecule has 90 valence electrons. The minimum absolute atomic E-state index is 0.461. The van der Waals surface area contributed by atoms with Crippen molar-refractivity contribution in [2.24, 2.45) is 11.7 Å². The normalized spacial score (nSPS) is 19.5. The lowest BCUT2D eigenvalue weighted by molar-refractivity contribution is 0.332. The lowest BCUT2D eigenvalue weighted by atomic mass is 9.97. The predicted octanol–water partition coefficient (Wildman–Crippen LogP) is 2.70. The molecule has 2 rings (SSSR count). The molecule has 1 heterocycles. The molecule has 0 amide bonds. The number of rotatable bonds is 4. The van der Waals surface area contributed by atoms with E-state index in [4.69, 9.17) is 5.73 Å². The highest BCUT2D eigenvalue weighted by atomic mass is 15.1. The first kappa shape index (κ1) is 11.6. The second-order valence-corrected chi connectivity index (χ2v) is 5.23. The summed E-state index contributed by atoms with van der Waals surface area (Å²) in [6, 6.07) is 0.461. The van der Waals surface area contributed by atoms with E-state index in [1.165, 1.54) is 31.4 Å². The summed E-state index contributed by atoms with van der Waals surface area (Å²) in [7, 11) is 0. The summed E-state index contributed by atoms with van der Waals surface area (Å²) < 4.78 is 2.32. The van der Waals surface area contributed by atoms with Crippen LogP contribution in [0.5, 0.6) is 0 Å². The van der Waals surface area contributed by atoms with Gasteiger partial charge in [0.2, 0.25) is 0 Å². The van der Waals surface area contributed by atoms with Crippen molar-refractivity contribution >= 4 is 0 Å². The first-order valence-corrected chi connectivity index (χ1v) is 6.45. The average Bonchev–Trinajstić information content (AvgIpc) is 2.88. The minimum Gasteiger partial charge on any atom is -0.330 e. The van der Waals surface area contributed by atoms with Crippen molar-refractivity contribution in [1.29, 1.82) is 0 Å². The van der Waals surface area contributed by atoms with Gasteiger partial charge in [-0.2, -0.15) is 0 Å². The molecule has 0 saturated heterocycles. The van der Waals surface area contributed by atoms with Crippen LogP contribution in [0.25, 0.3) is 0 Å². The zero-order valence-electron chi connectivity index (χ0n) is 10.4. The Hall–Kier alpha value is -0.830. The molecule has 1 saturated carbocycles. The molecule has 0 aromatic carbocycles. The zero-order chi connectivity index (χ0) is 11.5. The SMILES string of the molecule is CC(C)c1cncn1C(CN)C1CCCC1. The Morgan fingerprint density at radius 1 is 1.44 bits per heavy atom. The Labute approximate surface area is 98.1 Å². The Morgan fingerprint density at radius 3 is 2.69 bits per heavy atom. The van der Waals surface area contributed by atoms with Crippen LogP contribution in [-0.2, 0) is 0 Å². The molecule has 1 fully saturated rings. The highest BCUT2D eigenvalue weighted by Crippen LogP contribution is 2.35. The summed E-state index contributed by atoms with van der Waals surface area (Å²) in [5, 5.41) is 0. The molecular weight excluding hydrogens is 198 g/mol. The van der Waals surface area contributed by atoms with Gasteiger partial charge in [-0.1, -0.05) is 26.7 Å². The van der Waals surface area contributed by atoms with E-state index in [1.54, 1.807) is 0 Å². The van der Waals surface area contributed by atoms with Gasteiger partial charge in [-0.05, 0) is 24.7 Å². The Morgan fingerprint density at radius 2 is 2.12 bits per heavy atom. The van der Waals surface area contributed by atoms with Crippen molar-refractivity contribution in [2.45, 2.75) is 51.5 Å². The summed E-state index contributed by atoms with van der Waals surface area (Å²) in [6.45, 7) is 5.17. The van der Waals surface area contributed by atoms with Crippen molar-refractivity contribution in [1.82, 2.24) is 9.55 Å². The van der Waals surface area contributed by atoms with Gasteiger partial charge in [0.05, 0.1) is 6.33 Å². The standard InChI is InChI=1S/C13H23N3/c1-10(2)13-8-15-9-16(13)12(7-14)11-5-3-4-6-11/h8-12H,3-7,14H2,1-2H3. The van der Waals surface area contributed by atoms with E-state index in [0.717, 1.165) is 12.5 Å². The number of hydrogen-bond donors (Lipinski definition) is 1. The lowest BCUT2D eigenvalue weighted by Gasteiger charge is -2.26. The Kier molecular flexibility index (Phi) is 3.64. The minimum atomic E-state index is 0.461. The van der Waals surface area contributed by atoms with Crippen LogP contribution in [0.15, 0.2) is 12.5 Å². The van der Waals surface area contributed by atoms with Crippen molar-refractivity contribution in [2.75, 3.05) is 6.54 Å². The molecule has 1 atom stereocenters. The molecule has 1 aliphatic carbocycles. The third-order valence-corrected chi connectivity index (χ3v) is 3.83. The smallest absolute Gasteiger partial charge is 0.0951 e. The molecular formula is C13H23N3. The maximum Gasteiger partial charge on any atom is 0.0951 e. The second kappa shape index (κ2) is 5.00. The van der Waals surface area contributed by atoms with Gasteiger partial charge >= 0.3 is 0 Å². The van der Waals surface area contributed by atoms with Gasteiger partial charge < -0.3 is 10.3 Å². The monoisotopic (exact) mass is 221 g/mol. The summed E-state index contributed by atoms with van der Waals surface area (Å²) in [5.74, 6) is 1.29. The van der Waals surface area contributed by atoms with Crippen LogP contribution in [0.4, 0.5) is 0 Å². The third kappa shape index (κ3) is 2.14. The van der Waals surface area contributed by atoms with Crippen LogP contribution in [0.2, 0.25) is 0 Å². The maximum absolute atomic E-state index is 5.96. The molecule has 1 aliphatic rings. The van der Waals surface area contributed by atoms with E-state index in [1.807, 2.05) is 12.5 Å². The highest BCUT2D eigenvalue weighted by Gasteiger charge is 2.26. The molecule has 0 aliphatic heterocycles. The topological polar surface area (TPSA) is 43.8 Å². The molecule has 0 radical (unpaired) electrons. The van der Waals surface area contributed by atoms with Crippen molar-refractivity contribution < 1.29 is 0 Å².